The fourth-order valence-corrected chi connectivity index (χ4v) is 5.14. The van der Waals surface area contributed by atoms with Crippen molar-refractivity contribution in [2.24, 2.45) is 0 Å². The Hall–Kier alpha value is -3.44. The number of anilines is 2. The number of ketones is 1. The van der Waals surface area contributed by atoms with Crippen LogP contribution in [0.3, 0.4) is 0 Å². The zero-order valence-corrected chi connectivity index (χ0v) is 18.8. The van der Waals surface area contributed by atoms with Crippen LogP contribution in [0.15, 0.2) is 84.1 Å². The molecule has 0 radical (unpaired) electrons. The van der Waals surface area contributed by atoms with Crippen LogP contribution in [0.5, 0.6) is 0 Å². The highest BCUT2D eigenvalue weighted by Gasteiger charge is 2.41. The van der Waals surface area contributed by atoms with Crippen molar-refractivity contribution < 1.29 is 14.0 Å². The number of carbonyl (C=O) groups excluding carboxylic acids is 2. The predicted molar refractivity (Wildman–Crippen MR) is 128 cm³/mol. The van der Waals surface area contributed by atoms with E-state index in [1.54, 1.807) is 23.1 Å². The van der Waals surface area contributed by atoms with Crippen molar-refractivity contribution in [3.05, 3.63) is 106 Å². The van der Waals surface area contributed by atoms with Crippen molar-refractivity contribution in [3.8, 4) is 0 Å². The van der Waals surface area contributed by atoms with E-state index in [9.17, 15) is 14.0 Å². The maximum absolute atomic E-state index is 13.7. The molecule has 0 aromatic heterocycles. The molecule has 1 heterocycles. The van der Waals surface area contributed by atoms with Crippen LogP contribution in [0.1, 0.15) is 42.9 Å². The summed E-state index contributed by atoms with van der Waals surface area (Å²) < 4.78 is 13.5. The zero-order valence-electron chi connectivity index (χ0n) is 18.0. The van der Waals surface area contributed by atoms with Gasteiger partial charge in [0, 0.05) is 29.6 Å². The standard InChI is InChI=1S/C27H22ClFN2O2/c1-16(32)31-24-9-5-4-8-22(24)30-23-14-18(17-10-12-19(29)13-11-17)15-25(33)26(23)27(31)20-6-2-3-7-21(20)28/h2-13,18,27,30H,14-15H2,1H3/t18-,27-/m0/s1. The Kier molecular flexibility index (Phi) is 5.51. The van der Waals surface area contributed by atoms with Gasteiger partial charge in [-0.2, -0.15) is 0 Å². The van der Waals surface area contributed by atoms with Gasteiger partial charge in [0.25, 0.3) is 0 Å². The van der Waals surface area contributed by atoms with Crippen LogP contribution in [0.25, 0.3) is 0 Å². The molecule has 3 aromatic rings. The number of para-hydroxylation sites is 2. The lowest BCUT2D eigenvalue weighted by Crippen LogP contribution is -2.37. The van der Waals surface area contributed by atoms with Gasteiger partial charge in [-0.15, -0.1) is 0 Å². The molecule has 0 saturated carbocycles. The quantitative estimate of drug-likeness (QED) is 0.481. The number of allylic oxidation sites excluding steroid dienone is 1. The second-order valence-corrected chi connectivity index (χ2v) is 8.83. The summed E-state index contributed by atoms with van der Waals surface area (Å²) in [7, 11) is 0. The SMILES string of the molecule is CC(=O)N1c2ccccc2NC2=C(C(=O)C[C@@H](c3ccc(F)cc3)C2)[C@@H]1c1ccccc1Cl. The summed E-state index contributed by atoms with van der Waals surface area (Å²) >= 11 is 6.60. The van der Waals surface area contributed by atoms with Gasteiger partial charge >= 0.3 is 0 Å². The predicted octanol–water partition coefficient (Wildman–Crippen LogP) is 6.40. The highest BCUT2D eigenvalue weighted by molar-refractivity contribution is 6.31. The first kappa shape index (κ1) is 21.4. The van der Waals surface area contributed by atoms with Gasteiger partial charge in [0.15, 0.2) is 5.78 Å². The van der Waals surface area contributed by atoms with Crippen molar-refractivity contribution in [2.45, 2.75) is 31.7 Å². The van der Waals surface area contributed by atoms with Gasteiger partial charge in [0.2, 0.25) is 5.91 Å². The monoisotopic (exact) mass is 460 g/mol. The fraction of sp³-hybridized carbons (Fsp3) is 0.185. The molecule has 0 fully saturated rings. The Morgan fingerprint density at radius 2 is 1.70 bits per heavy atom. The number of nitrogens with one attached hydrogen (secondary N) is 1. The second kappa shape index (κ2) is 8.49. The minimum absolute atomic E-state index is 0.0537. The zero-order chi connectivity index (χ0) is 23.1. The normalized spacial score (nSPS) is 20.0. The molecule has 5 rings (SSSR count). The molecule has 6 heteroatoms. The van der Waals surface area contributed by atoms with Crippen molar-refractivity contribution in [3.63, 3.8) is 0 Å². The first-order chi connectivity index (χ1) is 15.9. The molecule has 33 heavy (non-hydrogen) atoms. The highest BCUT2D eigenvalue weighted by Crippen LogP contribution is 2.48. The van der Waals surface area contributed by atoms with Gasteiger partial charge < -0.3 is 5.32 Å². The van der Waals surface area contributed by atoms with Gasteiger partial charge in [-0.1, -0.05) is 54.1 Å². The van der Waals surface area contributed by atoms with Crippen molar-refractivity contribution >= 4 is 34.7 Å². The molecule has 0 unspecified atom stereocenters. The summed E-state index contributed by atoms with van der Waals surface area (Å²) in [5, 5.41) is 3.95. The molecule has 3 aromatic carbocycles. The Bertz CT molecular complexity index is 1290. The average Bonchev–Trinajstić information content (AvgIpc) is 2.94. The molecule has 1 aliphatic carbocycles. The smallest absolute Gasteiger partial charge is 0.224 e. The van der Waals surface area contributed by atoms with Gasteiger partial charge in [-0.25, -0.2) is 4.39 Å². The highest BCUT2D eigenvalue weighted by atomic mass is 35.5. The molecule has 0 spiro atoms. The van der Waals surface area contributed by atoms with E-state index in [1.165, 1.54) is 19.1 Å². The first-order valence-corrected chi connectivity index (χ1v) is 11.2. The number of halogens is 2. The maximum atomic E-state index is 13.7. The third-order valence-electron chi connectivity index (χ3n) is 6.37. The summed E-state index contributed by atoms with van der Waals surface area (Å²) in [4.78, 5) is 28.3. The third-order valence-corrected chi connectivity index (χ3v) is 6.71. The molecule has 0 saturated heterocycles. The number of Topliss-reactive ketones (excluding diaryl/α,β-unsaturated/α-hetero) is 1. The van der Waals surface area contributed by atoms with Crippen LogP contribution in [0.2, 0.25) is 5.02 Å². The maximum Gasteiger partial charge on any atom is 0.224 e. The lowest BCUT2D eigenvalue weighted by molar-refractivity contribution is -0.117. The Morgan fingerprint density at radius 3 is 2.42 bits per heavy atom. The van der Waals surface area contributed by atoms with Crippen molar-refractivity contribution in [1.29, 1.82) is 0 Å². The van der Waals surface area contributed by atoms with Crippen LogP contribution in [-0.4, -0.2) is 11.7 Å². The minimum Gasteiger partial charge on any atom is -0.357 e. The molecule has 166 valence electrons. The van der Waals surface area contributed by atoms with Crippen LogP contribution < -0.4 is 10.2 Å². The Labute approximate surface area is 196 Å². The number of rotatable bonds is 2. The summed E-state index contributed by atoms with van der Waals surface area (Å²) in [6, 6.07) is 20.5. The molecular formula is C27H22ClFN2O2. The third kappa shape index (κ3) is 3.83. The Balaban J connectivity index is 1.71. The van der Waals surface area contributed by atoms with E-state index in [-0.39, 0.29) is 29.8 Å². The Morgan fingerprint density at radius 1 is 1.00 bits per heavy atom. The van der Waals surface area contributed by atoms with E-state index in [0.29, 0.717) is 28.3 Å². The minimum atomic E-state index is -0.649. The summed E-state index contributed by atoms with van der Waals surface area (Å²) in [6.07, 6.45) is 0.836. The van der Waals surface area contributed by atoms with Crippen molar-refractivity contribution in [1.82, 2.24) is 0 Å². The molecule has 1 N–H and O–H groups in total. The van der Waals surface area contributed by atoms with Crippen LogP contribution >= 0.6 is 11.6 Å². The number of carbonyl (C=O) groups is 2. The first-order valence-electron chi connectivity index (χ1n) is 10.9. The van der Waals surface area contributed by atoms with E-state index in [0.717, 1.165) is 16.9 Å². The second-order valence-electron chi connectivity index (χ2n) is 8.43. The van der Waals surface area contributed by atoms with Crippen LogP contribution in [-0.2, 0) is 9.59 Å². The topological polar surface area (TPSA) is 49.4 Å². The molecule has 2 aliphatic rings. The number of fused-ring (bicyclic) bond motifs is 1. The molecule has 2 atom stereocenters. The van der Waals surface area contributed by atoms with Crippen molar-refractivity contribution in [2.75, 3.05) is 10.2 Å². The van der Waals surface area contributed by atoms with E-state index in [4.69, 9.17) is 11.6 Å². The summed E-state index contributed by atoms with van der Waals surface area (Å²) in [5.74, 6) is -0.635. The largest absolute Gasteiger partial charge is 0.357 e. The van der Waals surface area contributed by atoms with E-state index in [1.807, 2.05) is 42.5 Å². The van der Waals surface area contributed by atoms with Gasteiger partial charge in [-0.05, 0) is 53.8 Å². The molecule has 0 bridgehead atoms. The molecule has 1 aliphatic heterocycles. The lowest BCUT2D eigenvalue weighted by Gasteiger charge is -2.35. The van der Waals surface area contributed by atoms with Crippen LogP contribution in [0, 0.1) is 5.82 Å². The molecule has 1 amide bonds. The number of amides is 1. The molecular weight excluding hydrogens is 439 g/mol. The summed E-state index contributed by atoms with van der Waals surface area (Å²) in [6.45, 7) is 1.50. The van der Waals surface area contributed by atoms with Gasteiger partial charge in [0.1, 0.15) is 5.82 Å². The van der Waals surface area contributed by atoms with Gasteiger partial charge in [-0.3, -0.25) is 14.5 Å². The van der Waals surface area contributed by atoms with E-state index >= 15 is 0 Å². The van der Waals surface area contributed by atoms with E-state index < -0.39 is 6.04 Å². The van der Waals surface area contributed by atoms with Gasteiger partial charge in [0.05, 0.1) is 17.4 Å². The fourth-order valence-electron chi connectivity index (χ4n) is 4.90. The average molecular weight is 461 g/mol. The number of hydrogen-bond acceptors (Lipinski definition) is 3. The number of nitrogens with zero attached hydrogens (tertiary/aromatic N) is 1. The van der Waals surface area contributed by atoms with Crippen LogP contribution in [0.4, 0.5) is 15.8 Å². The summed E-state index contributed by atoms with van der Waals surface area (Å²) in [5.41, 5.74) is 4.37. The van der Waals surface area contributed by atoms with E-state index in [2.05, 4.69) is 5.32 Å². The number of benzene rings is 3. The lowest BCUT2D eigenvalue weighted by atomic mass is 9.78. The molecule has 4 nitrogen and oxygen atoms in total. The number of hydrogen-bond donors (Lipinski definition) is 1.